The van der Waals surface area contributed by atoms with Crippen LogP contribution >= 0.6 is 0 Å². The van der Waals surface area contributed by atoms with Crippen LogP contribution in [0.1, 0.15) is 43.7 Å². The SMILES string of the molecule is CCc1cccc(C2CCN(CC)CC2)c1. The predicted octanol–water partition coefficient (Wildman–Crippen LogP) is 3.45. The minimum atomic E-state index is 0.800. The van der Waals surface area contributed by atoms with Gasteiger partial charge >= 0.3 is 0 Å². The Morgan fingerprint density at radius 3 is 2.56 bits per heavy atom. The lowest BCUT2D eigenvalue weighted by Gasteiger charge is -2.31. The van der Waals surface area contributed by atoms with E-state index in [1.54, 1.807) is 5.56 Å². The standard InChI is InChI=1S/C15H23N/c1-3-13-6-5-7-15(12-13)14-8-10-16(4-2)11-9-14/h5-7,12,14H,3-4,8-11H2,1-2H3. The van der Waals surface area contributed by atoms with Crippen molar-refractivity contribution in [3.05, 3.63) is 35.4 Å². The van der Waals surface area contributed by atoms with E-state index < -0.39 is 0 Å². The van der Waals surface area contributed by atoms with Gasteiger partial charge in [0.2, 0.25) is 0 Å². The summed E-state index contributed by atoms with van der Waals surface area (Å²) in [6.07, 6.45) is 3.82. The maximum Gasteiger partial charge on any atom is -0.00130 e. The topological polar surface area (TPSA) is 3.24 Å². The maximum atomic E-state index is 2.56. The van der Waals surface area contributed by atoms with Crippen molar-refractivity contribution in [2.24, 2.45) is 0 Å². The molecule has 0 atom stereocenters. The molecule has 1 saturated heterocycles. The van der Waals surface area contributed by atoms with Gasteiger partial charge in [-0.3, -0.25) is 0 Å². The van der Waals surface area contributed by atoms with Crippen LogP contribution < -0.4 is 0 Å². The Bertz CT molecular complexity index is 324. The van der Waals surface area contributed by atoms with Crippen LogP contribution in [0.3, 0.4) is 0 Å². The largest absolute Gasteiger partial charge is 0.304 e. The predicted molar refractivity (Wildman–Crippen MR) is 69.9 cm³/mol. The van der Waals surface area contributed by atoms with Gasteiger partial charge in [-0.2, -0.15) is 0 Å². The summed E-state index contributed by atoms with van der Waals surface area (Å²) in [4.78, 5) is 2.56. The third-order valence-corrected chi connectivity index (χ3v) is 3.87. The van der Waals surface area contributed by atoms with Crippen molar-refractivity contribution >= 4 is 0 Å². The average Bonchev–Trinajstić information content (AvgIpc) is 2.39. The first-order valence-electron chi connectivity index (χ1n) is 6.64. The summed E-state index contributed by atoms with van der Waals surface area (Å²) in [6.45, 7) is 8.26. The molecule has 1 heteroatoms. The van der Waals surface area contributed by atoms with Crippen molar-refractivity contribution in [1.29, 1.82) is 0 Å². The quantitative estimate of drug-likeness (QED) is 0.749. The van der Waals surface area contributed by atoms with E-state index in [9.17, 15) is 0 Å². The van der Waals surface area contributed by atoms with Gasteiger partial charge in [0.15, 0.2) is 0 Å². The van der Waals surface area contributed by atoms with Crippen LogP contribution in [0.5, 0.6) is 0 Å². The molecule has 1 heterocycles. The van der Waals surface area contributed by atoms with E-state index in [0.29, 0.717) is 0 Å². The van der Waals surface area contributed by atoms with Gasteiger partial charge < -0.3 is 4.90 Å². The van der Waals surface area contributed by atoms with Gasteiger partial charge in [-0.05, 0) is 55.9 Å². The van der Waals surface area contributed by atoms with Gasteiger partial charge in [-0.15, -0.1) is 0 Å². The van der Waals surface area contributed by atoms with Crippen LogP contribution in [0.4, 0.5) is 0 Å². The molecule has 0 aromatic heterocycles. The zero-order chi connectivity index (χ0) is 11.4. The van der Waals surface area contributed by atoms with Gasteiger partial charge in [0.05, 0.1) is 0 Å². The summed E-state index contributed by atoms with van der Waals surface area (Å²) in [5.74, 6) is 0.800. The molecule has 0 amide bonds. The van der Waals surface area contributed by atoms with Crippen LogP contribution in [0.25, 0.3) is 0 Å². The van der Waals surface area contributed by atoms with Crippen LogP contribution in [0.2, 0.25) is 0 Å². The number of aryl methyl sites for hydroxylation is 1. The molecule has 1 fully saturated rings. The fourth-order valence-corrected chi connectivity index (χ4v) is 2.65. The number of likely N-dealkylation sites (tertiary alicyclic amines) is 1. The fourth-order valence-electron chi connectivity index (χ4n) is 2.65. The lowest BCUT2D eigenvalue weighted by molar-refractivity contribution is 0.222. The number of hydrogen-bond donors (Lipinski definition) is 0. The van der Waals surface area contributed by atoms with E-state index in [1.807, 2.05) is 0 Å². The number of benzene rings is 1. The first kappa shape index (κ1) is 11.7. The highest BCUT2D eigenvalue weighted by atomic mass is 15.1. The molecule has 0 N–H and O–H groups in total. The Labute approximate surface area is 99.5 Å². The highest BCUT2D eigenvalue weighted by Crippen LogP contribution is 2.28. The molecule has 0 aliphatic carbocycles. The fraction of sp³-hybridized carbons (Fsp3) is 0.600. The van der Waals surface area contributed by atoms with E-state index in [0.717, 1.165) is 12.3 Å². The van der Waals surface area contributed by atoms with Crippen molar-refractivity contribution in [3.63, 3.8) is 0 Å². The second-order valence-electron chi connectivity index (χ2n) is 4.81. The Kier molecular flexibility index (Phi) is 4.00. The van der Waals surface area contributed by atoms with Gasteiger partial charge in [0.25, 0.3) is 0 Å². The van der Waals surface area contributed by atoms with Gasteiger partial charge in [-0.25, -0.2) is 0 Å². The molecule has 2 rings (SSSR count). The molecule has 0 radical (unpaired) electrons. The second kappa shape index (κ2) is 5.49. The summed E-state index contributed by atoms with van der Waals surface area (Å²) >= 11 is 0. The van der Waals surface area contributed by atoms with E-state index in [-0.39, 0.29) is 0 Å². The summed E-state index contributed by atoms with van der Waals surface area (Å²) in [6, 6.07) is 9.18. The Hall–Kier alpha value is -0.820. The van der Waals surface area contributed by atoms with Crippen molar-refractivity contribution in [3.8, 4) is 0 Å². The molecule has 1 aliphatic heterocycles. The smallest absolute Gasteiger partial charge is 0.00130 e. The molecule has 1 aliphatic rings. The Morgan fingerprint density at radius 2 is 1.94 bits per heavy atom. The van der Waals surface area contributed by atoms with Crippen molar-refractivity contribution < 1.29 is 0 Å². The van der Waals surface area contributed by atoms with Gasteiger partial charge in [0.1, 0.15) is 0 Å². The molecular formula is C15H23N. The van der Waals surface area contributed by atoms with E-state index >= 15 is 0 Å². The van der Waals surface area contributed by atoms with Crippen LogP contribution in [-0.2, 0) is 6.42 Å². The highest BCUT2D eigenvalue weighted by molar-refractivity contribution is 5.26. The average molecular weight is 217 g/mol. The Morgan fingerprint density at radius 1 is 1.19 bits per heavy atom. The zero-order valence-electron chi connectivity index (χ0n) is 10.6. The van der Waals surface area contributed by atoms with Crippen molar-refractivity contribution in [2.45, 2.75) is 39.0 Å². The van der Waals surface area contributed by atoms with Gasteiger partial charge in [-0.1, -0.05) is 38.1 Å². The summed E-state index contributed by atoms with van der Waals surface area (Å²) in [7, 11) is 0. The van der Waals surface area contributed by atoms with E-state index in [1.165, 1.54) is 38.0 Å². The molecule has 0 unspecified atom stereocenters. The summed E-state index contributed by atoms with van der Waals surface area (Å²) in [5.41, 5.74) is 3.05. The number of rotatable bonds is 3. The number of piperidine rings is 1. The van der Waals surface area contributed by atoms with E-state index in [2.05, 4.69) is 43.0 Å². The van der Waals surface area contributed by atoms with Crippen molar-refractivity contribution in [2.75, 3.05) is 19.6 Å². The molecule has 1 nitrogen and oxygen atoms in total. The third-order valence-electron chi connectivity index (χ3n) is 3.87. The van der Waals surface area contributed by atoms with E-state index in [4.69, 9.17) is 0 Å². The van der Waals surface area contributed by atoms with Crippen LogP contribution in [0, 0.1) is 0 Å². The van der Waals surface area contributed by atoms with Crippen LogP contribution in [-0.4, -0.2) is 24.5 Å². The lowest BCUT2D eigenvalue weighted by atomic mass is 9.88. The minimum absolute atomic E-state index is 0.800. The number of nitrogens with zero attached hydrogens (tertiary/aromatic N) is 1. The first-order chi connectivity index (χ1) is 7.83. The highest BCUT2D eigenvalue weighted by Gasteiger charge is 2.19. The monoisotopic (exact) mass is 217 g/mol. The Balaban J connectivity index is 2.02. The molecule has 16 heavy (non-hydrogen) atoms. The second-order valence-corrected chi connectivity index (χ2v) is 4.81. The van der Waals surface area contributed by atoms with Crippen LogP contribution in [0.15, 0.2) is 24.3 Å². The molecule has 0 bridgehead atoms. The van der Waals surface area contributed by atoms with Gasteiger partial charge in [0, 0.05) is 0 Å². The molecule has 1 aromatic carbocycles. The summed E-state index contributed by atoms with van der Waals surface area (Å²) in [5, 5.41) is 0. The normalized spacial score (nSPS) is 18.9. The molecule has 1 aromatic rings. The third kappa shape index (κ3) is 2.65. The first-order valence-corrected chi connectivity index (χ1v) is 6.64. The summed E-state index contributed by atoms with van der Waals surface area (Å²) < 4.78 is 0. The minimum Gasteiger partial charge on any atom is -0.304 e. The number of hydrogen-bond acceptors (Lipinski definition) is 1. The maximum absolute atomic E-state index is 2.56. The molecule has 0 spiro atoms. The molecular weight excluding hydrogens is 194 g/mol. The zero-order valence-corrected chi connectivity index (χ0v) is 10.6. The lowest BCUT2D eigenvalue weighted by Crippen LogP contribution is -2.32. The molecule has 0 saturated carbocycles. The van der Waals surface area contributed by atoms with Crippen molar-refractivity contribution in [1.82, 2.24) is 4.90 Å². The molecule has 88 valence electrons.